The van der Waals surface area contributed by atoms with E-state index in [4.69, 9.17) is 9.79 Å². The molecule has 1 unspecified atom stereocenters. The second-order valence-electron chi connectivity index (χ2n) is 3.85. The van der Waals surface area contributed by atoms with Crippen molar-refractivity contribution in [1.82, 2.24) is 0 Å². The molecule has 14 heavy (non-hydrogen) atoms. The molecule has 1 fully saturated rings. The summed E-state index contributed by atoms with van der Waals surface area (Å²) in [5.41, 5.74) is -0.399. The predicted octanol–water partition coefficient (Wildman–Crippen LogP) is 1.72. The van der Waals surface area contributed by atoms with Crippen LogP contribution < -0.4 is 0 Å². The van der Waals surface area contributed by atoms with Crippen molar-refractivity contribution in [2.75, 3.05) is 5.90 Å². The Kier molecular flexibility index (Phi) is 3.95. The molecule has 5 nitrogen and oxygen atoms in total. The monoisotopic (exact) mass is 242 g/mol. The van der Waals surface area contributed by atoms with E-state index in [-0.39, 0.29) is 0 Å². The summed E-state index contributed by atoms with van der Waals surface area (Å²) in [4.78, 5) is 26.9. The minimum atomic E-state index is -4.37. The molecule has 1 rings (SSSR count). The molecule has 0 saturated heterocycles. The zero-order valence-electron chi connectivity index (χ0n) is 7.87. The van der Waals surface area contributed by atoms with Gasteiger partial charge < -0.3 is 14.7 Å². The highest BCUT2D eigenvalue weighted by Gasteiger charge is 2.37. The molecule has 0 aromatic heterocycles. The second kappa shape index (κ2) is 4.46. The van der Waals surface area contributed by atoms with Crippen molar-refractivity contribution in [1.29, 1.82) is 0 Å². The van der Waals surface area contributed by atoms with Gasteiger partial charge in [-0.1, -0.05) is 19.3 Å². The molecular weight excluding hydrogens is 226 g/mol. The van der Waals surface area contributed by atoms with Gasteiger partial charge >= 0.3 is 7.60 Å². The summed E-state index contributed by atoms with van der Waals surface area (Å²) >= 11 is 0. The summed E-state index contributed by atoms with van der Waals surface area (Å²) < 4.78 is 22.3. The lowest BCUT2D eigenvalue weighted by Crippen LogP contribution is -2.14. The van der Waals surface area contributed by atoms with Crippen molar-refractivity contribution in [2.45, 2.75) is 37.8 Å². The maximum Gasteiger partial charge on any atom is 0.335 e. The lowest BCUT2D eigenvalue weighted by molar-refractivity contribution is 0.372. The van der Waals surface area contributed by atoms with Gasteiger partial charge in [0.2, 0.25) is 7.37 Å². The Morgan fingerprint density at radius 1 is 1.00 bits per heavy atom. The van der Waals surface area contributed by atoms with E-state index in [0.29, 0.717) is 12.8 Å². The molecule has 0 heterocycles. The van der Waals surface area contributed by atoms with Crippen LogP contribution in [-0.2, 0) is 9.13 Å². The normalized spacial score (nSPS) is 24.5. The zero-order chi connectivity index (χ0) is 10.8. The highest BCUT2D eigenvalue weighted by molar-refractivity contribution is 7.73. The van der Waals surface area contributed by atoms with Gasteiger partial charge in [0.05, 0.1) is 0 Å². The maximum atomic E-state index is 11.6. The minimum absolute atomic E-state index is 0.399. The molecule has 1 aliphatic carbocycles. The first-order valence-electron chi connectivity index (χ1n) is 4.67. The van der Waals surface area contributed by atoms with Crippen LogP contribution in [0, 0.1) is 0 Å². The smallest absolute Gasteiger partial charge is 0.335 e. The Balaban J connectivity index is 2.63. The molecule has 1 atom stereocenters. The Hall–Kier alpha value is 0.340. The Morgan fingerprint density at radius 2 is 1.50 bits per heavy atom. The van der Waals surface area contributed by atoms with Crippen molar-refractivity contribution in [3.05, 3.63) is 0 Å². The molecule has 0 aliphatic heterocycles. The van der Waals surface area contributed by atoms with Crippen LogP contribution >= 0.6 is 15.0 Å². The van der Waals surface area contributed by atoms with Gasteiger partial charge in [0.15, 0.2) is 0 Å². The van der Waals surface area contributed by atoms with Crippen molar-refractivity contribution in [3.63, 3.8) is 0 Å². The lowest BCUT2D eigenvalue weighted by Gasteiger charge is -2.26. The average molecular weight is 242 g/mol. The summed E-state index contributed by atoms with van der Waals surface area (Å²) in [5.74, 6) is -0.856. The summed E-state index contributed by atoms with van der Waals surface area (Å²) in [5, 5.41) is 0. The molecule has 0 spiro atoms. The van der Waals surface area contributed by atoms with Gasteiger partial charge in [-0.15, -0.1) is 0 Å². The van der Waals surface area contributed by atoms with E-state index in [1.54, 1.807) is 0 Å². The minimum Gasteiger partial charge on any atom is -0.344 e. The van der Waals surface area contributed by atoms with Crippen molar-refractivity contribution in [2.24, 2.45) is 0 Å². The average Bonchev–Trinajstić information content (AvgIpc) is 2.01. The van der Waals surface area contributed by atoms with E-state index in [2.05, 4.69) is 0 Å². The fraction of sp³-hybridized carbons (Fsp3) is 1.00. The van der Waals surface area contributed by atoms with Crippen LogP contribution in [0.15, 0.2) is 0 Å². The molecule has 0 bridgehead atoms. The third kappa shape index (κ3) is 3.84. The standard InChI is InChI=1S/C7H16O5P2/c8-13(9,6-14(10,11)12)7-4-2-1-3-5-7/h7H,1-6H2,(H,8,9)(H2,10,11,12). The van der Waals surface area contributed by atoms with Gasteiger partial charge in [-0.05, 0) is 12.8 Å². The molecule has 7 heteroatoms. The molecule has 0 aromatic rings. The quantitative estimate of drug-likeness (QED) is 0.655. The van der Waals surface area contributed by atoms with Crippen LogP contribution in [0.2, 0.25) is 0 Å². The van der Waals surface area contributed by atoms with Crippen molar-refractivity contribution < 1.29 is 23.8 Å². The van der Waals surface area contributed by atoms with Gasteiger partial charge in [0, 0.05) is 5.66 Å². The van der Waals surface area contributed by atoms with Gasteiger partial charge in [0.25, 0.3) is 0 Å². The Morgan fingerprint density at radius 3 is 1.93 bits per heavy atom. The second-order valence-corrected chi connectivity index (χ2v) is 8.56. The van der Waals surface area contributed by atoms with E-state index < -0.39 is 26.5 Å². The van der Waals surface area contributed by atoms with E-state index in [9.17, 15) is 14.0 Å². The van der Waals surface area contributed by atoms with E-state index in [1.807, 2.05) is 0 Å². The van der Waals surface area contributed by atoms with Crippen molar-refractivity contribution in [3.8, 4) is 0 Å². The lowest BCUT2D eigenvalue weighted by atomic mass is 10.0. The van der Waals surface area contributed by atoms with Crippen LogP contribution in [0.4, 0.5) is 0 Å². The fourth-order valence-electron chi connectivity index (χ4n) is 1.86. The maximum absolute atomic E-state index is 11.6. The molecular formula is C7H16O5P2. The molecule has 3 N–H and O–H groups in total. The Bertz CT molecular complexity index is 278. The van der Waals surface area contributed by atoms with E-state index >= 15 is 0 Å². The van der Waals surface area contributed by atoms with Crippen LogP contribution in [-0.4, -0.2) is 26.2 Å². The SMILES string of the molecule is O=P(O)(O)CP(=O)(O)C1CCCCC1. The molecule has 0 radical (unpaired) electrons. The number of rotatable bonds is 3. The summed E-state index contributed by atoms with van der Waals surface area (Å²) in [7, 11) is -8.02. The summed E-state index contributed by atoms with van der Waals surface area (Å²) in [6, 6.07) is 0. The third-order valence-corrected chi connectivity index (χ3v) is 7.28. The summed E-state index contributed by atoms with van der Waals surface area (Å²) in [6.45, 7) is 0. The fourth-order valence-corrected chi connectivity index (χ4v) is 6.07. The topological polar surface area (TPSA) is 94.8 Å². The highest BCUT2D eigenvalue weighted by atomic mass is 31.2. The number of hydrogen-bond donors (Lipinski definition) is 3. The predicted molar refractivity (Wildman–Crippen MR) is 53.6 cm³/mol. The van der Waals surface area contributed by atoms with E-state index in [0.717, 1.165) is 19.3 Å². The third-order valence-electron chi connectivity index (χ3n) is 2.53. The zero-order valence-corrected chi connectivity index (χ0v) is 9.66. The van der Waals surface area contributed by atoms with Crippen LogP contribution in [0.1, 0.15) is 32.1 Å². The first kappa shape index (κ1) is 12.4. The van der Waals surface area contributed by atoms with Crippen LogP contribution in [0.5, 0.6) is 0 Å². The molecule has 0 aromatic carbocycles. The van der Waals surface area contributed by atoms with Crippen LogP contribution in [0.25, 0.3) is 0 Å². The molecule has 0 amide bonds. The first-order valence-corrected chi connectivity index (χ1v) is 8.38. The van der Waals surface area contributed by atoms with Crippen LogP contribution in [0.3, 0.4) is 0 Å². The highest BCUT2D eigenvalue weighted by Crippen LogP contribution is 2.60. The van der Waals surface area contributed by atoms with Crippen molar-refractivity contribution >= 4 is 15.0 Å². The molecule has 1 aliphatic rings. The van der Waals surface area contributed by atoms with Gasteiger partial charge in [-0.25, -0.2) is 0 Å². The number of hydrogen-bond acceptors (Lipinski definition) is 2. The largest absolute Gasteiger partial charge is 0.344 e. The summed E-state index contributed by atoms with van der Waals surface area (Å²) in [6.07, 6.45) is 4.06. The molecule has 1 saturated carbocycles. The van der Waals surface area contributed by atoms with Gasteiger partial charge in [0.1, 0.15) is 5.90 Å². The van der Waals surface area contributed by atoms with E-state index in [1.165, 1.54) is 0 Å². The van der Waals surface area contributed by atoms with Gasteiger partial charge in [-0.3, -0.25) is 9.13 Å². The van der Waals surface area contributed by atoms with Gasteiger partial charge in [-0.2, -0.15) is 0 Å². The Labute approximate surface area is 83.1 Å². The molecule has 84 valence electrons. The first-order chi connectivity index (χ1) is 6.31.